The molecular formula is C12H16N2O6S. The summed E-state index contributed by atoms with van der Waals surface area (Å²) in [4.78, 5) is 28.6. The number of carbonyl (C=O) groups is 2. The first-order valence-corrected chi connectivity index (χ1v) is 8.19. The van der Waals surface area contributed by atoms with Crippen molar-refractivity contribution < 1.29 is 27.5 Å². The normalized spacial score (nSPS) is 21.2. The largest absolute Gasteiger partial charge is 0.481 e. The number of rotatable bonds is 3. The zero-order valence-electron chi connectivity index (χ0n) is 11.7. The molecule has 9 heteroatoms. The van der Waals surface area contributed by atoms with Crippen LogP contribution in [-0.4, -0.2) is 59.4 Å². The second-order valence-corrected chi connectivity index (χ2v) is 7.24. The maximum absolute atomic E-state index is 12.4. The minimum atomic E-state index is -3.33. The van der Waals surface area contributed by atoms with Gasteiger partial charge in [0.15, 0.2) is 15.7 Å². The number of oxazole rings is 1. The zero-order valence-corrected chi connectivity index (χ0v) is 12.5. The Morgan fingerprint density at radius 2 is 2.10 bits per heavy atom. The van der Waals surface area contributed by atoms with Crippen LogP contribution >= 0.6 is 0 Å². The fraction of sp³-hybridized carbons (Fsp3) is 0.583. The van der Waals surface area contributed by atoms with Crippen LogP contribution in [0.2, 0.25) is 0 Å². The van der Waals surface area contributed by atoms with Gasteiger partial charge in [0, 0.05) is 13.5 Å². The van der Waals surface area contributed by atoms with Gasteiger partial charge in [0.1, 0.15) is 0 Å². The highest BCUT2D eigenvalue weighted by Crippen LogP contribution is 2.20. The molecule has 1 aromatic heterocycles. The third kappa shape index (κ3) is 3.41. The molecule has 1 unspecified atom stereocenters. The first-order valence-electron chi connectivity index (χ1n) is 6.37. The number of carboxylic acid groups (broad SMARTS) is 1. The summed E-state index contributed by atoms with van der Waals surface area (Å²) in [6.45, 7) is 3.16. The van der Waals surface area contributed by atoms with Gasteiger partial charge in [0.2, 0.25) is 5.76 Å². The Labute approximate surface area is 121 Å². The molecule has 0 aromatic carbocycles. The molecule has 116 valence electrons. The summed E-state index contributed by atoms with van der Waals surface area (Å²) in [7, 11) is -3.33. The molecule has 2 heterocycles. The van der Waals surface area contributed by atoms with Crippen LogP contribution in [0.15, 0.2) is 4.42 Å². The minimum Gasteiger partial charge on any atom is -0.481 e. The van der Waals surface area contributed by atoms with Crippen LogP contribution in [0.1, 0.15) is 28.6 Å². The molecule has 1 aliphatic heterocycles. The summed E-state index contributed by atoms with van der Waals surface area (Å²) < 4.78 is 28.5. The first-order chi connectivity index (χ1) is 9.69. The monoisotopic (exact) mass is 316 g/mol. The van der Waals surface area contributed by atoms with Gasteiger partial charge in [-0.1, -0.05) is 0 Å². The Kier molecular flexibility index (Phi) is 4.04. The fourth-order valence-electron chi connectivity index (χ4n) is 2.38. The van der Waals surface area contributed by atoms with Crippen LogP contribution in [0, 0.1) is 13.8 Å². The predicted octanol–water partition coefficient (Wildman–Crippen LogP) is 0.00534. The van der Waals surface area contributed by atoms with E-state index >= 15 is 0 Å². The van der Waals surface area contributed by atoms with Crippen molar-refractivity contribution in [2.45, 2.75) is 26.3 Å². The highest BCUT2D eigenvalue weighted by Gasteiger charge is 2.37. The van der Waals surface area contributed by atoms with Gasteiger partial charge in [-0.05, 0) is 6.92 Å². The van der Waals surface area contributed by atoms with E-state index in [4.69, 9.17) is 9.52 Å². The standard InChI is InChI=1S/C12H16N2O6S/c1-7-11(20-8(2)13-7)12(17)14-3-4-21(18,19)6-9(14)5-10(15)16/h9H,3-6H2,1-2H3,(H,15,16). The van der Waals surface area contributed by atoms with E-state index in [1.165, 1.54) is 4.90 Å². The van der Waals surface area contributed by atoms with E-state index < -0.39 is 34.2 Å². The third-order valence-corrected chi connectivity index (χ3v) is 5.00. The van der Waals surface area contributed by atoms with Gasteiger partial charge in [-0.15, -0.1) is 0 Å². The van der Waals surface area contributed by atoms with E-state index in [1.807, 2.05) is 0 Å². The van der Waals surface area contributed by atoms with Crippen LogP contribution in [0.3, 0.4) is 0 Å². The lowest BCUT2D eigenvalue weighted by molar-refractivity contribution is -0.138. The van der Waals surface area contributed by atoms with E-state index in [2.05, 4.69) is 4.98 Å². The van der Waals surface area contributed by atoms with Crippen molar-refractivity contribution in [3.63, 3.8) is 0 Å². The van der Waals surface area contributed by atoms with Crippen LogP contribution in [-0.2, 0) is 14.6 Å². The second kappa shape index (κ2) is 5.47. The Morgan fingerprint density at radius 3 is 2.62 bits per heavy atom. The van der Waals surface area contributed by atoms with Gasteiger partial charge in [-0.25, -0.2) is 13.4 Å². The third-order valence-electron chi connectivity index (χ3n) is 3.30. The Morgan fingerprint density at radius 1 is 1.43 bits per heavy atom. The van der Waals surface area contributed by atoms with Crippen molar-refractivity contribution in [1.82, 2.24) is 9.88 Å². The SMILES string of the molecule is Cc1nc(C)c(C(=O)N2CCS(=O)(=O)CC2CC(=O)O)o1. The Hall–Kier alpha value is -1.90. The molecule has 0 aliphatic carbocycles. The van der Waals surface area contributed by atoms with E-state index in [-0.39, 0.29) is 23.8 Å². The summed E-state index contributed by atoms with van der Waals surface area (Å²) >= 11 is 0. The van der Waals surface area contributed by atoms with Crippen molar-refractivity contribution in [2.24, 2.45) is 0 Å². The van der Waals surface area contributed by atoms with Crippen LogP contribution in [0.4, 0.5) is 0 Å². The molecule has 0 radical (unpaired) electrons. The van der Waals surface area contributed by atoms with Crippen molar-refractivity contribution in [2.75, 3.05) is 18.1 Å². The number of amides is 1. The van der Waals surface area contributed by atoms with Crippen LogP contribution in [0.25, 0.3) is 0 Å². The number of aliphatic carboxylic acids is 1. The van der Waals surface area contributed by atoms with E-state index in [1.54, 1.807) is 13.8 Å². The summed E-state index contributed by atoms with van der Waals surface area (Å²) in [5.41, 5.74) is 0.403. The number of sulfone groups is 1. The van der Waals surface area contributed by atoms with Gasteiger partial charge in [-0.3, -0.25) is 9.59 Å². The van der Waals surface area contributed by atoms with Crippen molar-refractivity contribution in [3.8, 4) is 0 Å². The summed E-state index contributed by atoms with van der Waals surface area (Å²) in [6.07, 6.45) is -0.420. The first kappa shape index (κ1) is 15.5. The highest BCUT2D eigenvalue weighted by molar-refractivity contribution is 7.91. The predicted molar refractivity (Wildman–Crippen MR) is 71.7 cm³/mol. The van der Waals surface area contributed by atoms with E-state index in [0.717, 1.165) is 0 Å². The van der Waals surface area contributed by atoms with Gasteiger partial charge in [0.25, 0.3) is 5.91 Å². The molecule has 2 rings (SSSR count). The Balaban J connectivity index is 2.29. The maximum atomic E-state index is 12.4. The quantitative estimate of drug-likeness (QED) is 0.834. The minimum absolute atomic E-state index is 0.0298. The van der Waals surface area contributed by atoms with Crippen molar-refractivity contribution in [1.29, 1.82) is 0 Å². The van der Waals surface area contributed by atoms with E-state index in [0.29, 0.717) is 11.6 Å². The number of carbonyl (C=O) groups excluding carboxylic acids is 1. The fourth-order valence-corrected chi connectivity index (χ4v) is 3.91. The molecule has 1 aromatic rings. The van der Waals surface area contributed by atoms with Gasteiger partial charge in [-0.2, -0.15) is 0 Å². The van der Waals surface area contributed by atoms with Crippen molar-refractivity contribution in [3.05, 3.63) is 17.3 Å². The summed E-state index contributed by atoms with van der Waals surface area (Å²) in [5.74, 6) is -1.84. The molecule has 0 bridgehead atoms. The molecular weight excluding hydrogens is 300 g/mol. The zero-order chi connectivity index (χ0) is 15.8. The van der Waals surface area contributed by atoms with Crippen LogP contribution < -0.4 is 0 Å². The molecule has 0 spiro atoms. The summed E-state index contributed by atoms with van der Waals surface area (Å²) in [6, 6.07) is -0.890. The molecule has 0 saturated carbocycles. The smallest absolute Gasteiger partial charge is 0.305 e. The maximum Gasteiger partial charge on any atom is 0.305 e. The molecule has 21 heavy (non-hydrogen) atoms. The lowest BCUT2D eigenvalue weighted by Crippen LogP contribution is -2.52. The topological polar surface area (TPSA) is 118 Å². The lowest BCUT2D eigenvalue weighted by atomic mass is 10.1. The van der Waals surface area contributed by atoms with Crippen molar-refractivity contribution >= 4 is 21.7 Å². The number of aryl methyl sites for hydroxylation is 2. The highest BCUT2D eigenvalue weighted by atomic mass is 32.2. The molecule has 8 nitrogen and oxygen atoms in total. The summed E-state index contributed by atoms with van der Waals surface area (Å²) in [5, 5.41) is 8.90. The molecule has 1 amide bonds. The van der Waals surface area contributed by atoms with Gasteiger partial charge < -0.3 is 14.4 Å². The number of nitrogens with zero attached hydrogens (tertiary/aromatic N) is 2. The molecule has 1 saturated heterocycles. The molecule has 1 N–H and O–H groups in total. The number of aromatic nitrogens is 1. The van der Waals surface area contributed by atoms with Crippen LogP contribution in [0.5, 0.6) is 0 Å². The number of hydrogen-bond donors (Lipinski definition) is 1. The molecule has 1 fully saturated rings. The number of hydrogen-bond acceptors (Lipinski definition) is 6. The Bertz CT molecular complexity index is 678. The second-order valence-electron chi connectivity index (χ2n) is 5.01. The average Bonchev–Trinajstić information content (AvgIpc) is 2.66. The average molecular weight is 316 g/mol. The molecule has 1 atom stereocenters. The van der Waals surface area contributed by atoms with Gasteiger partial charge in [0.05, 0.1) is 29.7 Å². The number of carboxylic acids is 1. The molecule has 1 aliphatic rings. The van der Waals surface area contributed by atoms with Gasteiger partial charge >= 0.3 is 5.97 Å². The lowest BCUT2D eigenvalue weighted by Gasteiger charge is -2.34. The van der Waals surface area contributed by atoms with E-state index in [9.17, 15) is 18.0 Å².